The van der Waals surface area contributed by atoms with Gasteiger partial charge >= 0.3 is 0 Å². The number of carbonyl (C=O) groups is 1. The first kappa shape index (κ1) is 11.5. The number of rotatable bonds is 3. The van der Waals surface area contributed by atoms with Crippen molar-refractivity contribution in [3.63, 3.8) is 0 Å². The van der Waals surface area contributed by atoms with Crippen molar-refractivity contribution in [1.29, 1.82) is 0 Å². The number of hydrogen-bond acceptors (Lipinski definition) is 2. The summed E-state index contributed by atoms with van der Waals surface area (Å²) in [4.78, 5) is 13.5. The van der Waals surface area contributed by atoms with Gasteiger partial charge in [0.05, 0.1) is 0 Å². The minimum atomic E-state index is -0.115. The largest absolute Gasteiger partial charge is 0.348 e. The number of hydrogen-bond donors (Lipinski definition) is 1. The first-order valence-corrected chi connectivity index (χ1v) is 5.33. The van der Waals surface area contributed by atoms with Gasteiger partial charge < -0.3 is 10.2 Å². The van der Waals surface area contributed by atoms with Gasteiger partial charge in [-0.3, -0.25) is 4.79 Å². The predicted molar refractivity (Wildman–Crippen MR) is 58.1 cm³/mol. The highest BCUT2D eigenvalue weighted by atomic mass is 16.2. The Morgan fingerprint density at radius 2 is 1.93 bits per heavy atom. The van der Waals surface area contributed by atoms with E-state index in [1.165, 1.54) is 0 Å². The monoisotopic (exact) mass is 198 g/mol. The zero-order valence-electron chi connectivity index (χ0n) is 9.92. The van der Waals surface area contributed by atoms with Crippen LogP contribution in [0, 0.1) is 5.41 Å². The highest BCUT2D eigenvalue weighted by Gasteiger charge is 2.46. The van der Waals surface area contributed by atoms with Gasteiger partial charge in [-0.2, -0.15) is 0 Å². The summed E-state index contributed by atoms with van der Waals surface area (Å²) >= 11 is 0. The molecule has 14 heavy (non-hydrogen) atoms. The van der Waals surface area contributed by atoms with E-state index in [1.54, 1.807) is 4.90 Å². The second-order valence-electron chi connectivity index (χ2n) is 5.19. The minimum absolute atomic E-state index is 0.115. The first-order chi connectivity index (χ1) is 6.35. The molecule has 1 rings (SSSR count). The molecule has 1 amide bonds. The second-order valence-corrected chi connectivity index (χ2v) is 5.19. The second kappa shape index (κ2) is 3.89. The van der Waals surface area contributed by atoms with Crippen molar-refractivity contribution in [1.82, 2.24) is 10.2 Å². The molecule has 1 aliphatic rings. The van der Waals surface area contributed by atoms with Crippen molar-refractivity contribution in [2.75, 3.05) is 14.1 Å². The van der Waals surface area contributed by atoms with Crippen LogP contribution in [0.4, 0.5) is 0 Å². The van der Waals surface area contributed by atoms with Crippen molar-refractivity contribution >= 4 is 5.91 Å². The normalized spacial score (nSPS) is 31.4. The molecule has 0 aliphatic heterocycles. The van der Waals surface area contributed by atoms with Gasteiger partial charge in [0, 0.05) is 31.6 Å². The lowest BCUT2D eigenvalue weighted by Crippen LogP contribution is -2.55. The van der Waals surface area contributed by atoms with Crippen molar-refractivity contribution in [2.24, 2.45) is 5.41 Å². The Kier molecular flexibility index (Phi) is 3.20. The van der Waals surface area contributed by atoms with Crippen molar-refractivity contribution in [3.8, 4) is 0 Å². The Bertz CT molecular complexity index is 217. The smallest absolute Gasteiger partial charge is 0.228 e. The van der Waals surface area contributed by atoms with Crippen LogP contribution in [-0.2, 0) is 4.79 Å². The van der Waals surface area contributed by atoms with Crippen LogP contribution in [0.5, 0.6) is 0 Å². The van der Waals surface area contributed by atoms with E-state index in [0.717, 1.165) is 12.8 Å². The van der Waals surface area contributed by atoms with E-state index in [-0.39, 0.29) is 11.3 Å². The lowest BCUT2D eigenvalue weighted by molar-refractivity contribution is -0.144. The predicted octanol–water partition coefficient (Wildman–Crippen LogP) is 1.24. The quantitative estimate of drug-likeness (QED) is 0.740. The van der Waals surface area contributed by atoms with Crippen LogP contribution in [0.25, 0.3) is 0 Å². The molecule has 0 bridgehead atoms. The van der Waals surface area contributed by atoms with E-state index in [2.05, 4.69) is 26.1 Å². The molecular weight excluding hydrogens is 176 g/mol. The van der Waals surface area contributed by atoms with Crippen molar-refractivity contribution < 1.29 is 4.79 Å². The van der Waals surface area contributed by atoms with Gasteiger partial charge in [-0.1, -0.05) is 20.8 Å². The maximum Gasteiger partial charge on any atom is 0.228 e. The van der Waals surface area contributed by atoms with E-state index in [9.17, 15) is 4.79 Å². The topological polar surface area (TPSA) is 32.3 Å². The van der Waals surface area contributed by atoms with Crippen LogP contribution < -0.4 is 5.32 Å². The fourth-order valence-corrected chi connectivity index (χ4v) is 2.33. The lowest BCUT2D eigenvalue weighted by Gasteiger charge is -2.46. The van der Waals surface area contributed by atoms with E-state index >= 15 is 0 Å². The average molecular weight is 198 g/mol. The summed E-state index contributed by atoms with van der Waals surface area (Å²) in [5, 5.41) is 3.46. The molecule has 0 atom stereocenters. The Labute approximate surface area is 86.9 Å². The Balaban J connectivity index is 2.41. The molecular formula is C11H22N2O. The molecule has 0 aromatic heterocycles. The maximum atomic E-state index is 11.8. The van der Waals surface area contributed by atoms with Gasteiger partial charge in [0.15, 0.2) is 0 Å². The van der Waals surface area contributed by atoms with E-state index in [1.807, 2.05) is 14.1 Å². The summed E-state index contributed by atoms with van der Waals surface area (Å²) in [6.45, 7) is 6.35. The molecule has 0 unspecified atom stereocenters. The van der Waals surface area contributed by atoms with Crippen LogP contribution in [-0.4, -0.2) is 37.0 Å². The SMILES string of the molecule is CC(C)N[C@H]1C[C@](C)(C(=O)N(C)C)C1. The van der Waals surface area contributed by atoms with E-state index in [0.29, 0.717) is 12.1 Å². The summed E-state index contributed by atoms with van der Waals surface area (Å²) < 4.78 is 0. The van der Waals surface area contributed by atoms with Crippen LogP contribution in [0.15, 0.2) is 0 Å². The minimum Gasteiger partial charge on any atom is -0.348 e. The molecule has 0 saturated heterocycles. The van der Waals surface area contributed by atoms with E-state index in [4.69, 9.17) is 0 Å². The molecule has 1 saturated carbocycles. The summed E-state index contributed by atoms with van der Waals surface area (Å²) in [6, 6.07) is 1.04. The van der Waals surface area contributed by atoms with Gasteiger partial charge in [-0.15, -0.1) is 0 Å². The number of nitrogens with one attached hydrogen (secondary N) is 1. The molecule has 1 N–H and O–H groups in total. The zero-order chi connectivity index (χ0) is 10.9. The Morgan fingerprint density at radius 1 is 1.43 bits per heavy atom. The number of nitrogens with zero attached hydrogens (tertiary/aromatic N) is 1. The number of amides is 1. The van der Waals surface area contributed by atoms with Gasteiger partial charge in [0.1, 0.15) is 0 Å². The van der Waals surface area contributed by atoms with Crippen LogP contribution in [0.2, 0.25) is 0 Å². The molecule has 0 radical (unpaired) electrons. The van der Waals surface area contributed by atoms with Gasteiger partial charge in [0.2, 0.25) is 5.91 Å². The standard InChI is InChI=1S/C11H22N2O/c1-8(2)12-9-6-11(3,7-9)10(14)13(4)5/h8-9,12H,6-7H2,1-5H3/t9-,11-. The summed E-state index contributed by atoms with van der Waals surface area (Å²) in [5.74, 6) is 0.263. The molecule has 3 nitrogen and oxygen atoms in total. The summed E-state index contributed by atoms with van der Waals surface area (Å²) in [5.41, 5.74) is -0.115. The molecule has 0 aromatic carbocycles. The average Bonchev–Trinajstić information content (AvgIpc) is 1.98. The molecule has 3 heteroatoms. The van der Waals surface area contributed by atoms with Crippen LogP contribution >= 0.6 is 0 Å². The van der Waals surface area contributed by atoms with Gasteiger partial charge in [-0.05, 0) is 12.8 Å². The Morgan fingerprint density at radius 3 is 2.29 bits per heavy atom. The lowest BCUT2D eigenvalue weighted by atomic mass is 9.66. The summed E-state index contributed by atoms with van der Waals surface area (Å²) in [6.07, 6.45) is 1.95. The third kappa shape index (κ3) is 2.27. The maximum absolute atomic E-state index is 11.8. The van der Waals surface area contributed by atoms with E-state index < -0.39 is 0 Å². The van der Waals surface area contributed by atoms with Gasteiger partial charge in [0.25, 0.3) is 0 Å². The van der Waals surface area contributed by atoms with Crippen LogP contribution in [0.3, 0.4) is 0 Å². The molecule has 1 aliphatic carbocycles. The molecule has 0 heterocycles. The first-order valence-electron chi connectivity index (χ1n) is 5.33. The van der Waals surface area contributed by atoms with Gasteiger partial charge in [-0.25, -0.2) is 0 Å². The van der Waals surface area contributed by atoms with Crippen LogP contribution in [0.1, 0.15) is 33.6 Å². The zero-order valence-corrected chi connectivity index (χ0v) is 9.92. The molecule has 1 fully saturated rings. The molecule has 0 aromatic rings. The summed E-state index contributed by atoms with van der Waals surface area (Å²) in [7, 11) is 3.66. The highest BCUT2D eigenvalue weighted by Crippen LogP contribution is 2.42. The van der Waals surface area contributed by atoms with Crippen molar-refractivity contribution in [3.05, 3.63) is 0 Å². The third-order valence-electron chi connectivity index (χ3n) is 2.89. The highest BCUT2D eigenvalue weighted by molar-refractivity contribution is 5.83. The Hall–Kier alpha value is -0.570. The number of carbonyl (C=O) groups excluding carboxylic acids is 1. The molecule has 82 valence electrons. The fourth-order valence-electron chi connectivity index (χ4n) is 2.33. The third-order valence-corrected chi connectivity index (χ3v) is 2.89. The molecule has 0 spiro atoms. The van der Waals surface area contributed by atoms with Crippen molar-refractivity contribution in [2.45, 2.75) is 45.7 Å². The fraction of sp³-hybridized carbons (Fsp3) is 0.909.